The highest BCUT2D eigenvalue weighted by molar-refractivity contribution is 5.94. The molecular weight excluding hydrogens is 364 g/mol. The van der Waals surface area contributed by atoms with E-state index in [1.54, 1.807) is 11.9 Å². The summed E-state index contributed by atoms with van der Waals surface area (Å²) in [6.07, 6.45) is 0.294. The number of carbonyl (C=O) groups is 2. The maximum absolute atomic E-state index is 12.6. The van der Waals surface area contributed by atoms with Crippen LogP contribution in [0, 0.1) is 0 Å². The quantitative estimate of drug-likeness (QED) is 0.648. The van der Waals surface area contributed by atoms with E-state index in [1.165, 1.54) is 0 Å². The van der Waals surface area contributed by atoms with Crippen LogP contribution in [0.5, 0.6) is 0 Å². The van der Waals surface area contributed by atoms with Crippen LogP contribution in [0.2, 0.25) is 0 Å². The Morgan fingerprint density at radius 3 is 2.24 bits per heavy atom. The minimum absolute atomic E-state index is 0.0184. The number of hydrogen-bond acceptors (Lipinski definition) is 3. The topological polar surface area (TPSA) is 83.6 Å². The molecule has 5 nitrogen and oxygen atoms in total. The molecule has 0 radical (unpaired) electrons. The molecule has 0 fully saturated rings. The normalized spacial score (nSPS) is 11.7. The first kappa shape index (κ1) is 20.3. The fourth-order valence-corrected chi connectivity index (χ4v) is 3.17. The number of rotatable bonds is 7. The number of carboxylic acids is 1. The molecule has 0 spiro atoms. The number of nitrogens with zero attached hydrogens (tertiary/aromatic N) is 1. The third-order valence-electron chi connectivity index (χ3n) is 4.77. The van der Waals surface area contributed by atoms with Crippen molar-refractivity contribution in [2.45, 2.75) is 19.0 Å². The maximum atomic E-state index is 12.6. The Morgan fingerprint density at radius 2 is 1.59 bits per heavy atom. The van der Waals surface area contributed by atoms with E-state index in [4.69, 9.17) is 10.8 Å². The molecule has 0 aliphatic carbocycles. The second-order valence-corrected chi connectivity index (χ2v) is 7.07. The largest absolute Gasteiger partial charge is 0.480 e. The van der Waals surface area contributed by atoms with Crippen molar-refractivity contribution in [1.29, 1.82) is 0 Å². The lowest BCUT2D eigenvalue weighted by atomic mass is 9.99. The lowest BCUT2D eigenvalue weighted by molar-refractivity contribution is -0.138. The van der Waals surface area contributed by atoms with Crippen LogP contribution in [-0.4, -0.2) is 35.0 Å². The Bertz CT molecular complexity index is 985. The predicted molar refractivity (Wildman–Crippen MR) is 113 cm³/mol. The van der Waals surface area contributed by atoms with Crippen molar-refractivity contribution in [3.05, 3.63) is 95.6 Å². The molecule has 0 saturated carbocycles. The zero-order chi connectivity index (χ0) is 20.8. The smallest absolute Gasteiger partial charge is 0.320 e. The van der Waals surface area contributed by atoms with Gasteiger partial charge in [-0.3, -0.25) is 9.59 Å². The zero-order valence-electron chi connectivity index (χ0n) is 16.3. The third-order valence-corrected chi connectivity index (χ3v) is 4.77. The second kappa shape index (κ2) is 9.17. The molecule has 3 aromatic rings. The number of carboxylic acid groups (broad SMARTS) is 1. The Balaban J connectivity index is 1.71. The third kappa shape index (κ3) is 5.30. The van der Waals surface area contributed by atoms with Gasteiger partial charge in [0.25, 0.3) is 5.91 Å². The van der Waals surface area contributed by atoms with Crippen LogP contribution in [0.25, 0.3) is 11.1 Å². The minimum atomic E-state index is -1.00. The van der Waals surface area contributed by atoms with Gasteiger partial charge in [0.05, 0.1) is 0 Å². The van der Waals surface area contributed by atoms with Crippen molar-refractivity contribution in [1.82, 2.24) is 4.90 Å². The first-order valence-electron chi connectivity index (χ1n) is 9.41. The summed E-state index contributed by atoms with van der Waals surface area (Å²) in [5, 5.41) is 8.94. The molecule has 0 aliphatic heterocycles. The van der Waals surface area contributed by atoms with E-state index in [1.807, 2.05) is 72.8 Å². The molecule has 1 atom stereocenters. The van der Waals surface area contributed by atoms with E-state index < -0.39 is 12.0 Å². The molecular formula is C24H24N2O3. The van der Waals surface area contributed by atoms with Crippen LogP contribution in [0.3, 0.4) is 0 Å². The van der Waals surface area contributed by atoms with Gasteiger partial charge in [-0.1, -0.05) is 60.7 Å². The molecule has 29 heavy (non-hydrogen) atoms. The highest BCUT2D eigenvalue weighted by atomic mass is 16.4. The Labute approximate surface area is 170 Å². The fourth-order valence-electron chi connectivity index (χ4n) is 3.17. The van der Waals surface area contributed by atoms with Crippen molar-refractivity contribution in [2.24, 2.45) is 5.73 Å². The summed E-state index contributed by atoms with van der Waals surface area (Å²) in [7, 11) is 1.79. The first-order chi connectivity index (χ1) is 13.9. The lowest BCUT2D eigenvalue weighted by Gasteiger charge is -2.18. The Morgan fingerprint density at radius 1 is 0.897 bits per heavy atom. The molecule has 5 heteroatoms. The van der Waals surface area contributed by atoms with Crippen molar-refractivity contribution in [2.75, 3.05) is 7.05 Å². The minimum Gasteiger partial charge on any atom is -0.480 e. The zero-order valence-corrected chi connectivity index (χ0v) is 16.3. The van der Waals surface area contributed by atoms with Crippen LogP contribution in [0.4, 0.5) is 0 Å². The molecule has 1 amide bonds. The van der Waals surface area contributed by atoms with Crippen LogP contribution < -0.4 is 5.73 Å². The molecule has 0 aliphatic rings. The van der Waals surface area contributed by atoms with Crippen LogP contribution in [-0.2, 0) is 17.8 Å². The average molecular weight is 388 g/mol. The van der Waals surface area contributed by atoms with E-state index in [9.17, 15) is 9.59 Å². The van der Waals surface area contributed by atoms with Gasteiger partial charge in [0.1, 0.15) is 6.04 Å². The lowest BCUT2D eigenvalue weighted by Crippen LogP contribution is -2.32. The average Bonchev–Trinajstić information content (AvgIpc) is 2.74. The van der Waals surface area contributed by atoms with Crippen LogP contribution in [0.1, 0.15) is 21.5 Å². The van der Waals surface area contributed by atoms with Gasteiger partial charge in [-0.15, -0.1) is 0 Å². The number of hydrogen-bond donors (Lipinski definition) is 2. The molecule has 0 saturated heterocycles. The van der Waals surface area contributed by atoms with Crippen molar-refractivity contribution in [3.63, 3.8) is 0 Å². The molecule has 0 aromatic heterocycles. The summed E-state index contributed by atoms with van der Waals surface area (Å²) in [5.74, 6) is -1.02. The number of carbonyl (C=O) groups excluding carboxylic acids is 1. The van der Waals surface area contributed by atoms with Crippen molar-refractivity contribution in [3.8, 4) is 11.1 Å². The fraction of sp³-hybridized carbons (Fsp3) is 0.167. The summed E-state index contributed by atoms with van der Waals surface area (Å²) >= 11 is 0. The van der Waals surface area contributed by atoms with Gasteiger partial charge in [0, 0.05) is 19.2 Å². The van der Waals surface area contributed by atoms with Crippen LogP contribution in [0.15, 0.2) is 78.9 Å². The summed E-state index contributed by atoms with van der Waals surface area (Å²) < 4.78 is 0. The maximum Gasteiger partial charge on any atom is 0.320 e. The van der Waals surface area contributed by atoms with Gasteiger partial charge >= 0.3 is 5.97 Å². The van der Waals surface area contributed by atoms with E-state index in [0.29, 0.717) is 18.5 Å². The van der Waals surface area contributed by atoms with Gasteiger partial charge in [-0.25, -0.2) is 0 Å². The van der Waals surface area contributed by atoms with Gasteiger partial charge in [0.15, 0.2) is 0 Å². The first-order valence-corrected chi connectivity index (χ1v) is 9.41. The summed E-state index contributed by atoms with van der Waals surface area (Å²) in [6, 6.07) is 24.1. The monoisotopic (exact) mass is 388 g/mol. The number of nitrogens with two attached hydrogens (primary N) is 1. The molecule has 0 bridgehead atoms. The van der Waals surface area contributed by atoms with E-state index in [0.717, 1.165) is 22.3 Å². The van der Waals surface area contributed by atoms with Crippen molar-refractivity contribution < 1.29 is 14.7 Å². The molecule has 148 valence electrons. The van der Waals surface area contributed by atoms with E-state index in [2.05, 4.69) is 6.07 Å². The van der Waals surface area contributed by atoms with Crippen LogP contribution >= 0.6 is 0 Å². The molecule has 0 unspecified atom stereocenters. The standard InChI is InChI=1S/C24H24N2O3/c1-26(23(27)20-7-3-2-4-8-20)16-18-6-5-9-21(14-18)19-12-10-17(11-13-19)15-22(25)24(28)29/h2-14,22H,15-16,25H2,1H3,(H,28,29)/t22-/m0/s1. The summed E-state index contributed by atoms with van der Waals surface area (Å²) in [5.41, 5.74) is 10.2. The highest BCUT2D eigenvalue weighted by Gasteiger charge is 2.13. The Kier molecular flexibility index (Phi) is 6.42. The predicted octanol–water partition coefficient (Wildman–Crippen LogP) is 3.58. The molecule has 3 N–H and O–H groups in total. The van der Waals surface area contributed by atoms with Gasteiger partial charge in [-0.05, 0) is 46.9 Å². The summed E-state index contributed by atoms with van der Waals surface area (Å²) in [4.78, 5) is 25.2. The number of benzene rings is 3. The van der Waals surface area contributed by atoms with Gasteiger partial charge < -0.3 is 15.7 Å². The Hall–Kier alpha value is -3.44. The van der Waals surface area contributed by atoms with Crippen molar-refractivity contribution >= 4 is 11.9 Å². The van der Waals surface area contributed by atoms with E-state index >= 15 is 0 Å². The molecule has 3 rings (SSSR count). The van der Waals surface area contributed by atoms with Gasteiger partial charge in [0.2, 0.25) is 0 Å². The second-order valence-electron chi connectivity index (χ2n) is 7.07. The van der Waals surface area contributed by atoms with E-state index in [-0.39, 0.29) is 5.91 Å². The number of aliphatic carboxylic acids is 1. The molecule has 3 aromatic carbocycles. The van der Waals surface area contributed by atoms with Gasteiger partial charge in [-0.2, -0.15) is 0 Å². The molecule has 0 heterocycles. The number of amides is 1. The summed E-state index contributed by atoms with van der Waals surface area (Å²) in [6.45, 7) is 0.507. The highest BCUT2D eigenvalue weighted by Crippen LogP contribution is 2.22. The SMILES string of the molecule is CN(Cc1cccc(-c2ccc(C[C@H](N)C(=O)O)cc2)c1)C(=O)c1ccccc1.